The molecule has 22 heavy (non-hydrogen) atoms. The molecule has 0 saturated heterocycles. The Bertz CT molecular complexity index is 665. The smallest absolute Gasteiger partial charge is 0.343 e. The minimum absolute atomic E-state index is 0.147. The highest BCUT2D eigenvalue weighted by molar-refractivity contribution is 6.05. The van der Waals surface area contributed by atoms with E-state index in [4.69, 9.17) is 4.74 Å². The SMILES string of the molecule is COC(=O)COc1ccc(NC(=O)c2ccccc2C)cc1. The third-order valence-electron chi connectivity index (χ3n) is 3.09. The number of ether oxygens (including phenoxy) is 2. The van der Waals surface area contributed by atoms with E-state index in [0.29, 0.717) is 17.0 Å². The fraction of sp³-hybridized carbons (Fsp3) is 0.176. The standard InChI is InChI=1S/C17H17NO4/c1-12-5-3-4-6-15(12)17(20)18-13-7-9-14(10-8-13)22-11-16(19)21-2/h3-10H,11H2,1-2H3,(H,18,20). The molecule has 0 heterocycles. The van der Waals surface area contributed by atoms with Gasteiger partial charge in [0.1, 0.15) is 5.75 Å². The predicted molar refractivity (Wildman–Crippen MR) is 83.1 cm³/mol. The van der Waals surface area contributed by atoms with Crippen LogP contribution in [-0.4, -0.2) is 25.6 Å². The molecule has 2 rings (SSSR count). The number of hydrogen-bond donors (Lipinski definition) is 1. The number of carbonyl (C=O) groups excluding carboxylic acids is 2. The molecule has 2 aromatic rings. The van der Waals surface area contributed by atoms with Crippen molar-refractivity contribution in [2.45, 2.75) is 6.92 Å². The van der Waals surface area contributed by atoms with Crippen molar-refractivity contribution in [3.8, 4) is 5.75 Å². The number of benzene rings is 2. The van der Waals surface area contributed by atoms with Crippen molar-refractivity contribution in [3.05, 3.63) is 59.7 Å². The van der Waals surface area contributed by atoms with E-state index in [0.717, 1.165) is 5.56 Å². The van der Waals surface area contributed by atoms with Crippen molar-refractivity contribution < 1.29 is 19.1 Å². The van der Waals surface area contributed by atoms with Crippen LogP contribution in [-0.2, 0) is 9.53 Å². The number of aryl methyl sites for hydroxylation is 1. The summed E-state index contributed by atoms with van der Waals surface area (Å²) in [5.41, 5.74) is 2.20. The molecule has 0 aliphatic carbocycles. The van der Waals surface area contributed by atoms with Gasteiger partial charge in [-0.2, -0.15) is 0 Å². The average Bonchev–Trinajstić information content (AvgIpc) is 2.54. The Labute approximate surface area is 128 Å². The Kier molecular flexibility index (Phi) is 5.14. The molecule has 0 saturated carbocycles. The van der Waals surface area contributed by atoms with E-state index in [1.54, 1.807) is 30.3 Å². The van der Waals surface area contributed by atoms with Crippen LogP contribution in [0.15, 0.2) is 48.5 Å². The molecule has 5 nitrogen and oxygen atoms in total. The Hall–Kier alpha value is -2.82. The van der Waals surface area contributed by atoms with Crippen molar-refractivity contribution in [1.82, 2.24) is 0 Å². The van der Waals surface area contributed by atoms with Crippen molar-refractivity contribution in [1.29, 1.82) is 0 Å². The van der Waals surface area contributed by atoms with Gasteiger partial charge in [0.25, 0.3) is 5.91 Å². The number of rotatable bonds is 5. The Morgan fingerprint density at radius 1 is 1.05 bits per heavy atom. The summed E-state index contributed by atoms with van der Waals surface area (Å²) < 4.78 is 9.72. The molecule has 0 aliphatic rings. The molecule has 0 unspecified atom stereocenters. The number of carbonyl (C=O) groups is 2. The van der Waals surface area contributed by atoms with Gasteiger partial charge in [0, 0.05) is 11.3 Å². The van der Waals surface area contributed by atoms with Crippen molar-refractivity contribution >= 4 is 17.6 Å². The van der Waals surface area contributed by atoms with Gasteiger partial charge in [-0.3, -0.25) is 4.79 Å². The number of methoxy groups -OCH3 is 1. The molecule has 0 fully saturated rings. The third kappa shape index (κ3) is 4.09. The topological polar surface area (TPSA) is 64.6 Å². The molecular weight excluding hydrogens is 282 g/mol. The van der Waals surface area contributed by atoms with E-state index in [1.165, 1.54) is 7.11 Å². The van der Waals surface area contributed by atoms with Crippen LogP contribution < -0.4 is 10.1 Å². The second-order valence-corrected chi connectivity index (χ2v) is 4.66. The molecule has 0 aromatic heterocycles. The van der Waals surface area contributed by atoms with Crippen LogP contribution in [0.25, 0.3) is 0 Å². The lowest BCUT2D eigenvalue weighted by molar-refractivity contribution is -0.142. The van der Waals surface area contributed by atoms with Gasteiger partial charge in [-0.25, -0.2) is 4.79 Å². The highest BCUT2D eigenvalue weighted by atomic mass is 16.6. The van der Waals surface area contributed by atoms with Gasteiger partial charge in [0.15, 0.2) is 6.61 Å². The highest BCUT2D eigenvalue weighted by Crippen LogP contribution is 2.17. The van der Waals surface area contributed by atoms with Crippen LogP contribution >= 0.6 is 0 Å². The van der Waals surface area contributed by atoms with Gasteiger partial charge < -0.3 is 14.8 Å². The van der Waals surface area contributed by atoms with Gasteiger partial charge in [-0.05, 0) is 42.8 Å². The number of anilines is 1. The summed E-state index contributed by atoms with van der Waals surface area (Å²) in [4.78, 5) is 23.2. The van der Waals surface area contributed by atoms with Crippen molar-refractivity contribution in [3.63, 3.8) is 0 Å². The van der Waals surface area contributed by atoms with Gasteiger partial charge in [0.05, 0.1) is 7.11 Å². The van der Waals surface area contributed by atoms with Crippen LogP contribution in [0.3, 0.4) is 0 Å². The molecule has 5 heteroatoms. The first-order valence-electron chi connectivity index (χ1n) is 6.77. The Morgan fingerprint density at radius 2 is 1.73 bits per heavy atom. The zero-order chi connectivity index (χ0) is 15.9. The van der Waals surface area contributed by atoms with Gasteiger partial charge in [-0.1, -0.05) is 18.2 Å². The Morgan fingerprint density at radius 3 is 2.36 bits per heavy atom. The molecule has 0 bridgehead atoms. The molecule has 2 aromatic carbocycles. The van der Waals surface area contributed by atoms with Crippen LogP contribution in [0.4, 0.5) is 5.69 Å². The lowest BCUT2D eigenvalue weighted by Crippen LogP contribution is -2.14. The summed E-state index contributed by atoms with van der Waals surface area (Å²) in [5, 5.41) is 2.82. The lowest BCUT2D eigenvalue weighted by atomic mass is 10.1. The quantitative estimate of drug-likeness (QED) is 0.862. The molecule has 0 aliphatic heterocycles. The average molecular weight is 299 g/mol. The highest BCUT2D eigenvalue weighted by Gasteiger charge is 2.08. The molecule has 1 amide bonds. The first-order chi connectivity index (χ1) is 10.6. The van der Waals surface area contributed by atoms with Crippen LogP contribution in [0.1, 0.15) is 15.9 Å². The molecule has 0 spiro atoms. The summed E-state index contributed by atoms with van der Waals surface area (Å²) in [5.74, 6) is -0.0856. The second kappa shape index (κ2) is 7.26. The van der Waals surface area contributed by atoms with Crippen LogP contribution in [0, 0.1) is 6.92 Å². The number of esters is 1. The van der Waals surface area contributed by atoms with Crippen molar-refractivity contribution in [2.24, 2.45) is 0 Å². The third-order valence-corrected chi connectivity index (χ3v) is 3.09. The maximum Gasteiger partial charge on any atom is 0.343 e. The fourth-order valence-electron chi connectivity index (χ4n) is 1.86. The number of amides is 1. The summed E-state index contributed by atoms with van der Waals surface area (Å²) in [7, 11) is 1.30. The Balaban J connectivity index is 1.98. The maximum atomic E-state index is 12.2. The van der Waals surface area contributed by atoms with E-state index >= 15 is 0 Å². The normalized spacial score (nSPS) is 9.91. The maximum absolute atomic E-state index is 12.2. The first-order valence-corrected chi connectivity index (χ1v) is 6.77. The van der Waals surface area contributed by atoms with E-state index in [9.17, 15) is 9.59 Å². The zero-order valence-corrected chi connectivity index (χ0v) is 12.5. The van der Waals surface area contributed by atoms with E-state index in [2.05, 4.69) is 10.1 Å². The molecule has 0 radical (unpaired) electrons. The molecular formula is C17H17NO4. The van der Waals surface area contributed by atoms with E-state index < -0.39 is 5.97 Å². The van der Waals surface area contributed by atoms with Gasteiger partial charge in [0.2, 0.25) is 0 Å². The van der Waals surface area contributed by atoms with E-state index in [1.807, 2.05) is 25.1 Å². The molecule has 0 atom stereocenters. The first kappa shape index (κ1) is 15.6. The molecule has 1 N–H and O–H groups in total. The van der Waals surface area contributed by atoms with Gasteiger partial charge >= 0.3 is 5.97 Å². The summed E-state index contributed by atoms with van der Waals surface area (Å²) >= 11 is 0. The second-order valence-electron chi connectivity index (χ2n) is 4.66. The predicted octanol–water partition coefficient (Wildman–Crippen LogP) is 2.80. The number of nitrogens with one attached hydrogen (secondary N) is 1. The summed E-state index contributed by atoms with van der Waals surface area (Å²) in [6.07, 6.45) is 0. The summed E-state index contributed by atoms with van der Waals surface area (Å²) in [6, 6.07) is 14.2. The monoisotopic (exact) mass is 299 g/mol. The zero-order valence-electron chi connectivity index (χ0n) is 12.5. The largest absolute Gasteiger partial charge is 0.482 e. The number of hydrogen-bond acceptors (Lipinski definition) is 4. The van der Waals surface area contributed by atoms with Crippen molar-refractivity contribution in [2.75, 3.05) is 19.0 Å². The lowest BCUT2D eigenvalue weighted by Gasteiger charge is -2.09. The van der Waals surface area contributed by atoms with Gasteiger partial charge in [-0.15, -0.1) is 0 Å². The fourth-order valence-corrected chi connectivity index (χ4v) is 1.86. The molecule has 114 valence electrons. The minimum atomic E-state index is -0.447. The minimum Gasteiger partial charge on any atom is -0.482 e. The van der Waals surface area contributed by atoms with Crippen LogP contribution in [0.2, 0.25) is 0 Å². The van der Waals surface area contributed by atoms with E-state index in [-0.39, 0.29) is 12.5 Å². The van der Waals surface area contributed by atoms with Crippen LogP contribution in [0.5, 0.6) is 5.75 Å². The summed E-state index contributed by atoms with van der Waals surface area (Å²) in [6.45, 7) is 1.74.